The van der Waals surface area contributed by atoms with Gasteiger partial charge in [-0.1, -0.05) is 55.5 Å². The first-order valence-electron chi connectivity index (χ1n) is 21.5. The number of nitrogen functional groups attached to an aromatic ring is 1. The third-order valence-electron chi connectivity index (χ3n) is 13.8. The Morgan fingerprint density at radius 2 is 1.92 bits per heavy atom. The maximum Gasteiger partial charge on any atom is 0.302 e. The molecule has 6 N–H and O–H groups in total. The lowest BCUT2D eigenvalue weighted by Crippen LogP contribution is -2.41. The van der Waals surface area contributed by atoms with Crippen molar-refractivity contribution < 1.29 is 39.1 Å². The molecule has 11 nitrogen and oxygen atoms in total. The van der Waals surface area contributed by atoms with Crippen LogP contribution in [0.4, 0.5) is 5.82 Å². The molecule has 0 saturated heterocycles. The van der Waals surface area contributed by atoms with Gasteiger partial charge in [0.15, 0.2) is 18.3 Å². The number of anilines is 1. The van der Waals surface area contributed by atoms with Crippen LogP contribution in [0.15, 0.2) is 48.5 Å². The van der Waals surface area contributed by atoms with Gasteiger partial charge in [0.25, 0.3) is 0 Å². The van der Waals surface area contributed by atoms with Crippen molar-refractivity contribution in [1.29, 1.82) is 0 Å². The third kappa shape index (κ3) is 6.80. The highest BCUT2D eigenvalue weighted by atomic mass is 16.6. The van der Waals surface area contributed by atoms with Gasteiger partial charge in [-0.05, 0) is 97.2 Å². The normalized spacial score (nSPS) is 24.7. The second-order valence-corrected chi connectivity index (χ2v) is 17.6. The Hall–Kier alpha value is -5.70. The fourth-order valence-electron chi connectivity index (χ4n) is 11.3. The molecule has 0 amide bonds. The van der Waals surface area contributed by atoms with Gasteiger partial charge in [-0.15, -0.1) is 0 Å². The smallest absolute Gasteiger partial charge is 0.302 e. The largest absolute Gasteiger partial charge is 0.508 e. The summed E-state index contributed by atoms with van der Waals surface area (Å²) in [7, 11) is 0. The standard InChI is InChI=1S/C49H51N3O8/c1-27(54)57-25-38-35-13-14-36-43-31(19-34(55)21-41(43)59-26-53)23-49-17-16-28(22-49)18-29-10-15-42(50)52-39(29)9-5-6-30-20-40(56)46-37(44(30)47(38)60-48(35)45(36)49)12-11-33(24-58-46)51-32-7-3-2-4-8-32/h10-15,19-21,28,32-33,38,47,51,53,55-56H,2-4,6-8,16-18,22-26H2,1H3,(H2,50,52). The van der Waals surface area contributed by atoms with Crippen molar-refractivity contribution in [2.24, 2.45) is 5.92 Å². The number of rotatable bonds is 6. The molecule has 6 aliphatic rings. The first-order chi connectivity index (χ1) is 29.2. The number of hydrogen-bond acceptors (Lipinski definition) is 11. The van der Waals surface area contributed by atoms with Crippen molar-refractivity contribution in [3.63, 3.8) is 0 Å². The van der Waals surface area contributed by atoms with Crippen molar-refractivity contribution in [1.82, 2.24) is 10.3 Å². The van der Waals surface area contributed by atoms with Gasteiger partial charge in [0, 0.05) is 58.7 Å². The van der Waals surface area contributed by atoms with Crippen LogP contribution in [0, 0.1) is 17.8 Å². The molecule has 2 fully saturated rings. The number of carbonyl (C=O) groups excluding carboxylic acids is 1. The monoisotopic (exact) mass is 809 g/mol. The minimum absolute atomic E-state index is 0.0196. The van der Waals surface area contributed by atoms with Crippen molar-refractivity contribution >= 4 is 17.9 Å². The van der Waals surface area contributed by atoms with Gasteiger partial charge < -0.3 is 45.3 Å². The summed E-state index contributed by atoms with van der Waals surface area (Å²) in [5.41, 5.74) is 14.5. The molecule has 310 valence electrons. The van der Waals surface area contributed by atoms with E-state index in [1.807, 2.05) is 18.2 Å². The number of aromatic nitrogens is 1. The first kappa shape index (κ1) is 38.5. The highest BCUT2D eigenvalue weighted by molar-refractivity contribution is 5.84. The molecule has 4 aromatic rings. The number of aromatic hydroxyl groups is 2. The zero-order valence-electron chi connectivity index (χ0n) is 33.9. The van der Waals surface area contributed by atoms with Crippen molar-refractivity contribution in [2.75, 3.05) is 25.7 Å². The van der Waals surface area contributed by atoms with E-state index in [4.69, 9.17) is 29.7 Å². The molecular formula is C49H51N3O8. The van der Waals surface area contributed by atoms with Gasteiger partial charge in [-0.3, -0.25) is 4.79 Å². The molecule has 2 saturated carbocycles. The highest BCUT2D eigenvalue weighted by Gasteiger charge is 2.51. The van der Waals surface area contributed by atoms with Crippen LogP contribution in [0.25, 0.3) is 17.2 Å². The summed E-state index contributed by atoms with van der Waals surface area (Å²) in [6.07, 6.45) is 13.8. The van der Waals surface area contributed by atoms with E-state index in [1.165, 1.54) is 26.2 Å². The molecular weight excluding hydrogens is 759 g/mol. The molecule has 4 bridgehead atoms. The van der Waals surface area contributed by atoms with E-state index in [9.17, 15) is 20.1 Å². The predicted octanol–water partition coefficient (Wildman–Crippen LogP) is 7.29. The summed E-state index contributed by atoms with van der Waals surface area (Å²) < 4.78 is 25.7. The zero-order chi connectivity index (χ0) is 41.1. The summed E-state index contributed by atoms with van der Waals surface area (Å²) >= 11 is 0. The maximum atomic E-state index is 12.6. The Bertz CT molecular complexity index is 2480. The highest BCUT2D eigenvalue weighted by Crippen LogP contribution is 2.63. The minimum Gasteiger partial charge on any atom is -0.508 e. The number of pyridine rings is 1. The van der Waals surface area contributed by atoms with Crippen LogP contribution in [0.2, 0.25) is 0 Å². The van der Waals surface area contributed by atoms with Crippen LogP contribution >= 0.6 is 0 Å². The average molecular weight is 810 g/mol. The van der Waals surface area contributed by atoms with Crippen LogP contribution in [-0.2, 0) is 34.2 Å². The molecule has 0 radical (unpaired) electrons. The van der Waals surface area contributed by atoms with Crippen molar-refractivity contribution in [3.05, 3.63) is 93.2 Å². The third-order valence-corrected chi connectivity index (χ3v) is 13.8. The summed E-state index contributed by atoms with van der Waals surface area (Å²) in [4.78, 5) is 17.3. The Labute approximate surface area is 349 Å². The van der Waals surface area contributed by atoms with Crippen molar-refractivity contribution in [2.45, 2.75) is 107 Å². The minimum atomic E-state index is -0.650. The zero-order valence-corrected chi connectivity index (χ0v) is 33.9. The van der Waals surface area contributed by atoms with Gasteiger partial charge in [-0.2, -0.15) is 0 Å². The van der Waals surface area contributed by atoms with Crippen LogP contribution < -0.4 is 25.3 Å². The number of nitrogens with zero attached hydrogens (tertiary/aromatic N) is 1. The number of ether oxygens (including phenoxy) is 4. The topological polar surface area (TPSA) is 166 Å². The fourth-order valence-corrected chi connectivity index (χ4v) is 11.3. The molecule has 1 aromatic heterocycles. The van der Waals surface area contributed by atoms with Crippen LogP contribution in [-0.4, -0.2) is 58.4 Å². The van der Waals surface area contributed by atoms with Crippen LogP contribution in [0.1, 0.15) is 115 Å². The second kappa shape index (κ2) is 15.4. The number of benzene rings is 3. The lowest BCUT2D eigenvalue weighted by Gasteiger charge is -2.39. The van der Waals surface area contributed by atoms with E-state index in [1.54, 1.807) is 12.1 Å². The van der Waals surface area contributed by atoms with Gasteiger partial charge >= 0.3 is 5.97 Å². The number of fused-ring (bicyclic) bond motifs is 9. The Kier molecular flexibility index (Phi) is 9.88. The molecule has 4 heterocycles. The summed E-state index contributed by atoms with van der Waals surface area (Å²) in [6, 6.07) is 13.5. The molecule has 5 unspecified atom stereocenters. The lowest BCUT2D eigenvalue weighted by atomic mass is 9.65. The van der Waals surface area contributed by atoms with Crippen LogP contribution in [0.5, 0.6) is 28.7 Å². The van der Waals surface area contributed by atoms with Crippen molar-refractivity contribution in [3.8, 4) is 51.7 Å². The molecule has 60 heavy (non-hydrogen) atoms. The number of aliphatic hydroxyl groups excluding tert-OH is 1. The molecule has 3 aromatic carbocycles. The molecule has 10 rings (SSSR count). The van der Waals surface area contributed by atoms with Gasteiger partial charge in [0.05, 0.1) is 12.0 Å². The van der Waals surface area contributed by atoms with E-state index >= 15 is 0 Å². The van der Waals surface area contributed by atoms with E-state index in [2.05, 4.69) is 41.4 Å². The number of aliphatic hydroxyl groups is 1. The number of carbonyl (C=O) groups is 1. The number of nitrogens with two attached hydrogens (primary N) is 1. The summed E-state index contributed by atoms with van der Waals surface area (Å²) in [6.45, 7) is 1.29. The molecule has 3 aliphatic heterocycles. The average Bonchev–Trinajstić information content (AvgIpc) is 3.72. The Balaban J connectivity index is 1.20. The quantitative estimate of drug-likeness (QED) is 0.0755. The first-order valence-corrected chi connectivity index (χ1v) is 21.5. The Morgan fingerprint density at radius 1 is 1.05 bits per heavy atom. The second-order valence-electron chi connectivity index (χ2n) is 17.6. The van der Waals surface area contributed by atoms with Gasteiger partial charge in [0.2, 0.25) is 0 Å². The number of phenolic OH excluding ortho intramolecular Hbond substituents is 2. The predicted molar refractivity (Wildman–Crippen MR) is 226 cm³/mol. The lowest BCUT2D eigenvalue weighted by molar-refractivity contribution is -0.141. The SMILES string of the molecule is CC(=O)OCC1c2ccc3c4c2OC1c1c(cc(O)c2c1C=CC(NC1CCCCC1)CO2)CC#Cc1nc(N)ccc1CC1CCC4(Cc2cc(O)cc(OCO)c2-3)C1. The number of phenols is 2. The molecule has 5 atom stereocenters. The van der Waals surface area contributed by atoms with E-state index < -0.39 is 24.8 Å². The maximum absolute atomic E-state index is 12.6. The summed E-state index contributed by atoms with van der Waals surface area (Å²) in [5, 5.41) is 36.4. The molecule has 3 aliphatic carbocycles. The Morgan fingerprint density at radius 3 is 2.75 bits per heavy atom. The molecule has 1 spiro atoms. The fraction of sp³-hybridized carbons (Fsp3) is 0.429. The molecule has 11 heteroatoms. The number of nitrogens with one attached hydrogen (secondary N) is 1. The van der Waals surface area contributed by atoms with E-state index in [-0.39, 0.29) is 41.9 Å². The summed E-state index contributed by atoms with van der Waals surface area (Å²) in [5.74, 6) is 8.27. The number of esters is 1. The van der Waals surface area contributed by atoms with Crippen LogP contribution in [0.3, 0.4) is 0 Å². The van der Waals surface area contributed by atoms with Gasteiger partial charge in [0.1, 0.15) is 48.1 Å². The van der Waals surface area contributed by atoms with E-state index in [0.717, 1.165) is 88.8 Å². The number of hydrogen-bond donors (Lipinski definition) is 5. The van der Waals surface area contributed by atoms with E-state index in [0.29, 0.717) is 47.6 Å². The van der Waals surface area contributed by atoms with Gasteiger partial charge in [-0.25, -0.2) is 4.98 Å².